The molecule has 2 aliphatic carbocycles. The Labute approximate surface area is 187 Å². The predicted molar refractivity (Wildman–Crippen MR) is 122 cm³/mol. The van der Waals surface area contributed by atoms with Gasteiger partial charge in [0.2, 0.25) is 11.8 Å². The highest BCUT2D eigenvalue weighted by Gasteiger charge is 2.57. The first-order chi connectivity index (χ1) is 15.1. The van der Waals surface area contributed by atoms with E-state index in [-0.39, 0.29) is 23.9 Å². The Bertz CT molecular complexity index is 672. The molecule has 5 fully saturated rings. The third-order valence-corrected chi connectivity index (χ3v) is 9.13. The topological polar surface area (TPSA) is 64.7 Å². The average molecular weight is 431 g/mol. The zero-order chi connectivity index (χ0) is 21.4. The monoisotopic (exact) mass is 430 g/mol. The third-order valence-electron chi connectivity index (χ3n) is 9.13. The molecule has 5 aliphatic rings. The maximum atomic E-state index is 13.9. The largest absolute Gasteiger partial charge is 0.351 e. The minimum Gasteiger partial charge on any atom is -0.351 e. The highest BCUT2D eigenvalue weighted by molar-refractivity contribution is 5.95. The van der Waals surface area contributed by atoms with Crippen molar-refractivity contribution in [1.82, 2.24) is 20.4 Å². The van der Waals surface area contributed by atoms with E-state index in [0.717, 1.165) is 51.7 Å². The molecule has 5 atom stereocenters. The van der Waals surface area contributed by atoms with Gasteiger partial charge in [0.1, 0.15) is 5.54 Å². The summed E-state index contributed by atoms with van der Waals surface area (Å²) in [6.45, 7) is 5.53. The quantitative estimate of drug-likeness (QED) is 0.720. The Hall–Kier alpha value is -1.14. The average Bonchev–Trinajstić information content (AvgIpc) is 3.16. The summed E-state index contributed by atoms with van der Waals surface area (Å²) in [6, 6.07) is 0.785. The van der Waals surface area contributed by atoms with E-state index in [1.54, 1.807) is 0 Å². The highest BCUT2D eigenvalue weighted by atomic mass is 16.2. The van der Waals surface area contributed by atoms with Gasteiger partial charge in [0.15, 0.2) is 0 Å². The van der Waals surface area contributed by atoms with Crippen LogP contribution in [0.25, 0.3) is 0 Å². The van der Waals surface area contributed by atoms with Crippen molar-refractivity contribution in [3.05, 3.63) is 0 Å². The molecule has 3 heterocycles. The zero-order valence-corrected chi connectivity index (χ0v) is 19.4. The zero-order valence-electron chi connectivity index (χ0n) is 19.4. The lowest BCUT2D eigenvalue weighted by Gasteiger charge is -2.52. The lowest BCUT2D eigenvalue weighted by molar-refractivity contribution is -0.162. The Kier molecular flexibility index (Phi) is 6.31. The lowest BCUT2D eigenvalue weighted by atomic mass is 9.84. The number of piperazine rings is 1. The summed E-state index contributed by atoms with van der Waals surface area (Å²) in [6.07, 6.45) is 14.2. The molecule has 0 bridgehead atoms. The van der Waals surface area contributed by atoms with Crippen molar-refractivity contribution in [2.75, 3.05) is 26.2 Å². The molecule has 3 saturated heterocycles. The second-order valence-corrected chi connectivity index (χ2v) is 11.3. The van der Waals surface area contributed by atoms with Crippen molar-refractivity contribution < 1.29 is 9.59 Å². The van der Waals surface area contributed by atoms with E-state index in [9.17, 15) is 9.59 Å². The number of rotatable bonds is 4. The Balaban J connectivity index is 1.39. The van der Waals surface area contributed by atoms with Crippen molar-refractivity contribution in [2.45, 2.75) is 108 Å². The summed E-state index contributed by atoms with van der Waals surface area (Å²) < 4.78 is 0. The van der Waals surface area contributed by atoms with Gasteiger partial charge in [0.05, 0.1) is 6.04 Å². The molecule has 3 aliphatic heterocycles. The summed E-state index contributed by atoms with van der Waals surface area (Å²) in [4.78, 5) is 32.2. The summed E-state index contributed by atoms with van der Waals surface area (Å²) in [5.41, 5.74) is -0.755. The van der Waals surface area contributed by atoms with E-state index in [1.807, 2.05) is 4.90 Å². The van der Waals surface area contributed by atoms with Gasteiger partial charge in [-0.25, -0.2) is 0 Å². The molecular formula is C25H42N4O2. The molecule has 2 N–H and O–H groups in total. The Morgan fingerprint density at radius 3 is 2.61 bits per heavy atom. The Morgan fingerprint density at radius 2 is 1.84 bits per heavy atom. The molecule has 0 aromatic rings. The van der Waals surface area contributed by atoms with Crippen LogP contribution < -0.4 is 10.6 Å². The molecule has 6 heteroatoms. The van der Waals surface area contributed by atoms with E-state index in [2.05, 4.69) is 22.5 Å². The number of nitrogens with one attached hydrogen (secondary N) is 2. The van der Waals surface area contributed by atoms with Crippen LogP contribution in [-0.4, -0.2) is 71.5 Å². The molecule has 5 rings (SSSR count). The molecule has 5 unspecified atom stereocenters. The fourth-order valence-corrected chi connectivity index (χ4v) is 7.30. The molecular weight excluding hydrogens is 388 g/mol. The number of nitrogens with zero attached hydrogens (tertiary/aromatic N) is 2. The lowest BCUT2D eigenvalue weighted by Crippen LogP contribution is -2.73. The van der Waals surface area contributed by atoms with Gasteiger partial charge in [-0.1, -0.05) is 32.1 Å². The first kappa shape index (κ1) is 21.7. The third kappa shape index (κ3) is 4.15. The van der Waals surface area contributed by atoms with Crippen LogP contribution in [0.3, 0.4) is 0 Å². The first-order valence-electron chi connectivity index (χ1n) is 13.1. The van der Waals surface area contributed by atoms with Crippen LogP contribution in [0.4, 0.5) is 0 Å². The van der Waals surface area contributed by atoms with Crippen LogP contribution >= 0.6 is 0 Å². The summed E-state index contributed by atoms with van der Waals surface area (Å²) in [7, 11) is 0. The number of hydrogen-bond acceptors (Lipinski definition) is 4. The molecule has 0 spiro atoms. The van der Waals surface area contributed by atoms with Crippen molar-refractivity contribution in [3.63, 3.8) is 0 Å². The number of fused-ring (bicyclic) bond motifs is 3. The van der Waals surface area contributed by atoms with Gasteiger partial charge in [-0.3, -0.25) is 14.5 Å². The minimum atomic E-state index is -0.755. The predicted octanol–water partition coefficient (Wildman–Crippen LogP) is 2.67. The minimum absolute atomic E-state index is 0.000190. The molecule has 2 amide bonds. The van der Waals surface area contributed by atoms with Crippen molar-refractivity contribution in [3.8, 4) is 0 Å². The van der Waals surface area contributed by atoms with Crippen LogP contribution in [0.2, 0.25) is 0 Å². The second kappa shape index (κ2) is 9.01. The fraction of sp³-hybridized carbons (Fsp3) is 0.920. The summed E-state index contributed by atoms with van der Waals surface area (Å²) >= 11 is 0. The SMILES string of the molecule is CC1(C(=O)NC2CCCCC2)CN2C(CC3CCCCC32)C(=O)N1CC1CCCNC1. The van der Waals surface area contributed by atoms with E-state index in [1.165, 1.54) is 44.9 Å². The van der Waals surface area contributed by atoms with Gasteiger partial charge in [-0.15, -0.1) is 0 Å². The van der Waals surface area contributed by atoms with Crippen LogP contribution in [0, 0.1) is 11.8 Å². The van der Waals surface area contributed by atoms with Gasteiger partial charge < -0.3 is 15.5 Å². The van der Waals surface area contributed by atoms with Crippen molar-refractivity contribution >= 4 is 11.8 Å². The maximum Gasteiger partial charge on any atom is 0.247 e. The summed E-state index contributed by atoms with van der Waals surface area (Å²) in [5.74, 6) is 1.42. The van der Waals surface area contributed by atoms with Crippen LogP contribution in [0.15, 0.2) is 0 Å². The van der Waals surface area contributed by atoms with E-state index in [4.69, 9.17) is 0 Å². The van der Waals surface area contributed by atoms with E-state index < -0.39 is 5.54 Å². The normalized spacial score (nSPS) is 39.8. The molecule has 2 saturated carbocycles. The molecule has 0 aromatic carbocycles. The van der Waals surface area contributed by atoms with Crippen molar-refractivity contribution in [2.24, 2.45) is 11.8 Å². The van der Waals surface area contributed by atoms with Crippen LogP contribution in [-0.2, 0) is 9.59 Å². The van der Waals surface area contributed by atoms with Gasteiger partial charge >= 0.3 is 0 Å². The number of carbonyl (C=O) groups is 2. The van der Waals surface area contributed by atoms with E-state index >= 15 is 0 Å². The molecule has 0 aromatic heterocycles. The van der Waals surface area contributed by atoms with Crippen LogP contribution in [0.5, 0.6) is 0 Å². The number of carbonyl (C=O) groups excluding carboxylic acids is 2. The van der Waals surface area contributed by atoms with Gasteiger partial charge in [0, 0.05) is 25.2 Å². The summed E-state index contributed by atoms with van der Waals surface area (Å²) in [5, 5.41) is 6.89. The number of amides is 2. The standard InChI is InChI=1S/C25H42N4O2/c1-25(24(31)27-20-10-3-2-4-11-20)17-28-21-12-6-5-9-19(21)14-22(28)23(30)29(25)16-18-8-7-13-26-15-18/h18-22,26H,2-17H2,1H3,(H,27,31). The second-order valence-electron chi connectivity index (χ2n) is 11.3. The number of hydrogen-bond donors (Lipinski definition) is 2. The van der Waals surface area contributed by atoms with Gasteiger partial charge in [0.25, 0.3) is 0 Å². The van der Waals surface area contributed by atoms with Gasteiger partial charge in [-0.2, -0.15) is 0 Å². The van der Waals surface area contributed by atoms with Gasteiger partial charge in [-0.05, 0) is 76.8 Å². The smallest absolute Gasteiger partial charge is 0.247 e. The Morgan fingerprint density at radius 1 is 1.06 bits per heavy atom. The first-order valence-corrected chi connectivity index (χ1v) is 13.1. The molecule has 174 valence electrons. The highest BCUT2D eigenvalue weighted by Crippen LogP contribution is 2.44. The molecule has 6 nitrogen and oxygen atoms in total. The molecule has 31 heavy (non-hydrogen) atoms. The van der Waals surface area contributed by atoms with E-state index in [0.29, 0.717) is 24.4 Å². The maximum absolute atomic E-state index is 13.9. The van der Waals surface area contributed by atoms with Crippen LogP contribution in [0.1, 0.15) is 84.0 Å². The fourth-order valence-electron chi connectivity index (χ4n) is 7.30. The molecule has 0 radical (unpaired) electrons. The number of piperidine rings is 1. The van der Waals surface area contributed by atoms with Crippen molar-refractivity contribution in [1.29, 1.82) is 0 Å².